The van der Waals surface area contributed by atoms with Crippen LogP contribution in [0.5, 0.6) is 5.75 Å². The van der Waals surface area contributed by atoms with Crippen molar-refractivity contribution in [3.63, 3.8) is 0 Å². The third kappa shape index (κ3) is 4.36. The number of nitrogens with zero attached hydrogens (tertiary/aromatic N) is 2. The SMILES string of the molecule is CC1(C)CC(=O)c2cc(NC(=O)c3ccc(N4CCOCC4)c([N+](=O)[O-])c3)ccc2O1. The van der Waals surface area contributed by atoms with Crippen LogP contribution < -0.4 is 15.0 Å². The van der Waals surface area contributed by atoms with Crippen LogP contribution in [0.25, 0.3) is 0 Å². The van der Waals surface area contributed by atoms with Crippen LogP contribution in [-0.4, -0.2) is 48.5 Å². The second kappa shape index (κ2) is 7.99. The molecule has 2 aromatic rings. The Bertz CT molecular complexity index is 1060. The summed E-state index contributed by atoms with van der Waals surface area (Å²) >= 11 is 0. The number of benzene rings is 2. The maximum Gasteiger partial charge on any atom is 0.293 e. The van der Waals surface area contributed by atoms with E-state index >= 15 is 0 Å². The summed E-state index contributed by atoms with van der Waals surface area (Å²) in [5.41, 5.74) is 0.738. The third-order valence-corrected chi connectivity index (χ3v) is 5.30. The lowest BCUT2D eigenvalue weighted by Crippen LogP contribution is -2.36. The molecule has 0 unspecified atom stereocenters. The van der Waals surface area contributed by atoms with Crippen molar-refractivity contribution in [1.82, 2.24) is 0 Å². The molecule has 31 heavy (non-hydrogen) atoms. The Balaban J connectivity index is 1.56. The normalized spacial score (nSPS) is 17.5. The molecule has 0 saturated carbocycles. The summed E-state index contributed by atoms with van der Waals surface area (Å²) in [5.74, 6) is -0.0846. The van der Waals surface area contributed by atoms with Gasteiger partial charge in [0, 0.05) is 30.4 Å². The summed E-state index contributed by atoms with van der Waals surface area (Å²) in [5, 5.41) is 14.3. The van der Waals surface area contributed by atoms with Crippen molar-refractivity contribution >= 4 is 28.8 Å². The molecule has 1 fully saturated rings. The van der Waals surface area contributed by atoms with Gasteiger partial charge in [0.1, 0.15) is 17.0 Å². The molecule has 0 bridgehead atoms. The smallest absolute Gasteiger partial charge is 0.293 e. The van der Waals surface area contributed by atoms with Gasteiger partial charge in [-0.1, -0.05) is 0 Å². The van der Waals surface area contributed by atoms with E-state index in [1.807, 2.05) is 18.7 Å². The predicted octanol–water partition coefficient (Wildman–Crippen LogP) is 3.43. The number of nitrogens with one attached hydrogen (secondary N) is 1. The topological polar surface area (TPSA) is 111 Å². The van der Waals surface area contributed by atoms with Crippen LogP contribution in [-0.2, 0) is 4.74 Å². The number of ether oxygens (including phenoxy) is 2. The number of amides is 1. The highest BCUT2D eigenvalue weighted by molar-refractivity contribution is 6.07. The number of hydrogen-bond acceptors (Lipinski definition) is 7. The fourth-order valence-electron chi connectivity index (χ4n) is 3.82. The molecular weight excluding hydrogens is 402 g/mol. The lowest BCUT2D eigenvalue weighted by atomic mass is 9.93. The Morgan fingerprint density at radius 3 is 2.61 bits per heavy atom. The highest BCUT2D eigenvalue weighted by atomic mass is 16.6. The van der Waals surface area contributed by atoms with Crippen LogP contribution in [0.3, 0.4) is 0 Å². The quantitative estimate of drug-likeness (QED) is 0.590. The van der Waals surface area contributed by atoms with Crippen LogP contribution in [0.1, 0.15) is 41.0 Å². The van der Waals surface area contributed by atoms with E-state index in [0.29, 0.717) is 49.0 Å². The zero-order chi connectivity index (χ0) is 22.2. The summed E-state index contributed by atoms with van der Waals surface area (Å²) in [4.78, 5) is 38.2. The van der Waals surface area contributed by atoms with E-state index in [2.05, 4.69) is 5.32 Å². The largest absolute Gasteiger partial charge is 0.487 e. The van der Waals surface area contributed by atoms with Crippen molar-refractivity contribution in [1.29, 1.82) is 0 Å². The van der Waals surface area contributed by atoms with E-state index in [-0.39, 0.29) is 23.5 Å². The van der Waals surface area contributed by atoms with Gasteiger partial charge in [0.2, 0.25) is 0 Å². The Kier molecular flexibility index (Phi) is 5.36. The average molecular weight is 425 g/mol. The number of Topliss-reactive ketones (excluding diaryl/α,β-unsaturated/α-hetero) is 1. The molecule has 1 amide bonds. The van der Waals surface area contributed by atoms with Crippen molar-refractivity contribution in [2.45, 2.75) is 25.9 Å². The van der Waals surface area contributed by atoms with Gasteiger partial charge in [-0.05, 0) is 44.2 Å². The number of rotatable bonds is 4. The van der Waals surface area contributed by atoms with Gasteiger partial charge in [-0.3, -0.25) is 19.7 Å². The van der Waals surface area contributed by atoms with Gasteiger partial charge in [-0.2, -0.15) is 0 Å². The van der Waals surface area contributed by atoms with Gasteiger partial charge in [0.25, 0.3) is 11.6 Å². The fourth-order valence-corrected chi connectivity index (χ4v) is 3.82. The summed E-state index contributed by atoms with van der Waals surface area (Å²) in [7, 11) is 0. The van der Waals surface area contributed by atoms with Crippen molar-refractivity contribution in [2.75, 3.05) is 36.5 Å². The van der Waals surface area contributed by atoms with Gasteiger partial charge in [-0.25, -0.2) is 0 Å². The maximum absolute atomic E-state index is 12.7. The standard InChI is InChI=1S/C22H23N3O6/c1-22(2)13-19(26)16-12-15(4-6-20(16)31-22)23-21(27)14-3-5-17(18(11-14)25(28)29)24-7-9-30-10-8-24/h3-6,11-12H,7-10,13H2,1-2H3,(H,23,27). The summed E-state index contributed by atoms with van der Waals surface area (Å²) in [6.45, 7) is 5.78. The molecule has 0 spiro atoms. The molecule has 1 N–H and O–H groups in total. The minimum Gasteiger partial charge on any atom is -0.487 e. The second-order valence-corrected chi connectivity index (χ2v) is 8.19. The molecule has 2 heterocycles. The molecule has 2 aliphatic heterocycles. The molecule has 0 aliphatic carbocycles. The van der Waals surface area contributed by atoms with Gasteiger partial charge in [0.15, 0.2) is 5.78 Å². The van der Waals surface area contributed by atoms with E-state index in [0.717, 1.165) is 0 Å². The van der Waals surface area contributed by atoms with Crippen molar-refractivity contribution in [3.05, 3.63) is 57.6 Å². The number of nitro benzene ring substituents is 1. The third-order valence-electron chi connectivity index (χ3n) is 5.30. The highest BCUT2D eigenvalue weighted by Crippen LogP contribution is 2.35. The Labute approximate surface area is 179 Å². The molecule has 0 radical (unpaired) electrons. The Hall–Kier alpha value is -3.46. The Morgan fingerprint density at radius 2 is 1.90 bits per heavy atom. The number of carbonyl (C=O) groups is 2. The van der Waals surface area contributed by atoms with Crippen LogP contribution >= 0.6 is 0 Å². The van der Waals surface area contributed by atoms with Gasteiger partial charge >= 0.3 is 0 Å². The number of hydrogen-bond donors (Lipinski definition) is 1. The maximum atomic E-state index is 12.7. The molecule has 0 aromatic heterocycles. The molecule has 1 saturated heterocycles. The minimum atomic E-state index is -0.573. The average Bonchev–Trinajstić information content (AvgIpc) is 2.73. The summed E-state index contributed by atoms with van der Waals surface area (Å²) < 4.78 is 11.1. The van der Waals surface area contributed by atoms with Crippen LogP contribution in [0.15, 0.2) is 36.4 Å². The first-order chi connectivity index (χ1) is 14.7. The molecule has 2 aromatic carbocycles. The zero-order valence-corrected chi connectivity index (χ0v) is 17.3. The van der Waals surface area contributed by atoms with Crippen molar-refractivity contribution in [3.8, 4) is 5.75 Å². The van der Waals surface area contributed by atoms with Crippen molar-refractivity contribution < 1.29 is 24.0 Å². The molecular formula is C22H23N3O6. The first kappa shape index (κ1) is 20.8. The molecule has 162 valence electrons. The molecule has 0 atom stereocenters. The van der Waals surface area contributed by atoms with Crippen LogP contribution in [0.2, 0.25) is 0 Å². The van der Waals surface area contributed by atoms with Crippen LogP contribution in [0.4, 0.5) is 17.1 Å². The van der Waals surface area contributed by atoms with E-state index in [1.165, 1.54) is 6.07 Å². The van der Waals surface area contributed by atoms with E-state index in [4.69, 9.17) is 9.47 Å². The first-order valence-corrected chi connectivity index (χ1v) is 10.0. The molecule has 9 nitrogen and oxygen atoms in total. The minimum absolute atomic E-state index is 0.0622. The number of morpholine rings is 1. The molecule has 2 aliphatic rings. The first-order valence-electron chi connectivity index (χ1n) is 10.0. The van der Waals surface area contributed by atoms with Gasteiger partial charge in [-0.15, -0.1) is 0 Å². The van der Waals surface area contributed by atoms with Gasteiger partial charge in [0.05, 0.1) is 30.1 Å². The molecule has 4 rings (SSSR count). The second-order valence-electron chi connectivity index (χ2n) is 8.19. The van der Waals surface area contributed by atoms with E-state index < -0.39 is 16.4 Å². The van der Waals surface area contributed by atoms with Crippen molar-refractivity contribution in [2.24, 2.45) is 0 Å². The van der Waals surface area contributed by atoms with Gasteiger partial charge < -0.3 is 19.7 Å². The number of carbonyl (C=O) groups excluding carboxylic acids is 2. The number of anilines is 2. The number of fused-ring (bicyclic) bond motifs is 1. The number of nitro groups is 1. The fraction of sp³-hybridized carbons (Fsp3) is 0.364. The summed E-state index contributed by atoms with van der Waals surface area (Å²) in [6.07, 6.45) is 0.243. The monoisotopic (exact) mass is 425 g/mol. The predicted molar refractivity (Wildman–Crippen MR) is 114 cm³/mol. The van der Waals surface area contributed by atoms with Crippen LogP contribution in [0, 0.1) is 10.1 Å². The lowest BCUT2D eigenvalue weighted by molar-refractivity contribution is -0.384. The highest BCUT2D eigenvalue weighted by Gasteiger charge is 2.32. The number of ketones is 1. The molecule has 9 heteroatoms. The van der Waals surface area contributed by atoms with E-state index in [9.17, 15) is 19.7 Å². The lowest BCUT2D eigenvalue weighted by Gasteiger charge is -2.31. The summed E-state index contributed by atoms with van der Waals surface area (Å²) in [6, 6.07) is 9.28. The zero-order valence-electron chi connectivity index (χ0n) is 17.3. The Morgan fingerprint density at radius 1 is 1.16 bits per heavy atom. The van der Waals surface area contributed by atoms with E-state index in [1.54, 1.807) is 30.3 Å².